The topological polar surface area (TPSA) is 55.1 Å². The molecule has 0 aromatic carbocycles. The van der Waals surface area contributed by atoms with E-state index in [0.717, 1.165) is 10.4 Å². The average Bonchev–Trinajstić information content (AvgIpc) is 2.32. The summed E-state index contributed by atoms with van der Waals surface area (Å²) in [4.78, 5) is 12.2. The monoisotopic (exact) mass is 170 g/mol. The molecule has 0 fully saturated rings. The van der Waals surface area contributed by atoms with Gasteiger partial charge < -0.3 is 0 Å². The second-order valence-corrected chi connectivity index (χ2v) is 3.39. The van der Waals surface area contributed by atoms with Crippen LogP contribution in [0.1, 0.15) is 20.8 Å². The summed E-state index contributed by atoms with van der Waals surface area (Å²) < 4.78 is 0. The summed E-state index contributed by atoms with van der Waals surface area (Å²) in [7, 11) is 0. The van der Waals surface area contributed by atoms with Crippen molar-refractivity contribution < 1.29 is 4.79 Å². The number of nitrogens with one attached hydrogen (secondary N) is 1. The van der Waals surface area contributed by atoms with E-state index in [1.807, 2.05) is 19.2 Å². The predicted octanol–water partition coefficient (Wildman–Crippen LogP) is 0.968. The molecule has 0 aliphatic heterocycles. The molecule has 0 bridgehead atoms. The summed E-state index contributed by atoms with van der Waals surface area (Å²) in [5.41, 5.74) is 3.79. The first-order chi connectivity index (χ1) is 5.16. The fraction of sp³-hybridized carbons (Fsp3) is 0.286. The fourth-order valence-electron chi connectivity index (χ4n) is 0.815. The molecule has 4 heteroatoms. The molecule has 0 aliphatic rings. The van der Waals surface area contributed by atoms with Crippen molar-refractivity contribution in [2.45, 2.75) is 13.8 Å². The first kappa shape index (κ1) is 8.23. The van der Waals surface area contributed by atoms with Crippen LogP contribution >= 0.6 is 11.3 Å². The number of aryl methyl sites for hydroxylation is 1. The van der Waals surface area contributed by atoms with E-state index in [1.165, 1.54) is 0 Å². The zero-order chi connectivity index (χ0) is 8.43. The van der Waals surface area contributed by atoms with E-state index in [-0.39, 0.29) is 5.91 Å². The van der Waals surface area contributed by atoms with Crippen LogP contribution < -0.4 is 11.3 Å². The highest BCUT2D eigenvalue weighted by molar-refractivity contribution is 7.10. The lowest BCUT2D eigenvalue weighted by atomic mass is 10.2. The molecular weight excluding hydrogens is 160 g/mol. The second kappa shape index (κ2) is 3.02. The smallest absolute Gasteiger partial charge is 0.266 e. The zero-order valence-corrected chi connectivity index (χ0v) is 7.29. The Morgan fingerprint density at radius 1 is 1.64 bits per heavy atom. The van der Waals surface area contributed by atoms with Gasteiger partial charge in [-0.25, -0.2) is 5.84 Å². The molecule has 1 rings (SSSR count). The zero-order valence-electron chi connectivity index (χ0n) is 6.47. The van der Waals surface area contributed by atoms with Gasteiger partial charge in [0, 0.05) is 10.3 Å². The summed E-state index contributed by atoms with van der Waals surface area (Å²) in [6, 6.07) is 0. The third-order valence-electron chi connectivity index (χ3n) is 1.66. The summed E-state index contributed by atoms with van der Waals surface area (Å²) >= 11 is 1.56. The van der Waals surface area contributed by atoms with Crippen LogP contribution in [-0.4, -0.2) is 5.91 Å². The molecule has 1 aromatic heterocycles. The lowest BCUT2D eigenvalue weighted by molar-refractivity contribution is 0.0953. The van der Waals surface area contributed by atoms with Crippen LogP contribution in [-0.2, 0) is 0 Å². The fourth-order valence-corrected chi connectivity index (χ4v) is 1.68. The van der Waals surface area contributed by atoms with Crippen molar-refractivity contribution in [3.05, 3.63) is 21.4 Å². The number of nitrogens with two attached hydrogens (primary N) is 1. The number of hydrogen-bond donors (Lipinski definition) is 2. The molecule has 1 amide bonds. The molecule has 1 aromatic rings. The molecule has 0 saturated carbocycles. The number of carbonyl (C=O) groups excluding carboxylic acids is 1. The number of hydrogen-bond acceptors (Lipinski definition) is 3. The molecule has 0 unspecified atom stereocenters. The van der Waals surface area contributed by atoms with Crippen molar-refractivity contribution >= 4 is 17.2 Å². The molecule has 0 spiro atoms. The van der Waals surface area contributed by atoms with E-state index >= 15 is 0 Å². The highest BCUT2D eigenvalue weighted by atomic mass is 32.1. The summed E-state index contributed by atoms with van der Waals surface area (Å²) in [5, 5.41) is 1.81. The Kier molecular flexibility index (Phi) is 2.26. The molecule has 60 valence electrons. The molecule has 3 nitrogen and oxygen atoms in total. The van der Waals surface area contributed by atoms with Gasteiger partial charge in [-0.3, -0.25) is 10.2 Å². The molecule has 0 aliphatic carbocycles. The third kappa shape index (κ3) is 1.41. The lowest BCUT2D eigenvalue weighted by Gasteiger charge is -1.96. The third-order valence-corrected chi connectivity index (χ3v) is 2.67. The Labute approximate surface area is 69.2 Å². The van der Waals surface area contributed by atoms with Crippen molar-refractivity contribution in [2.24, 2.45) is 5.84 Å². The van der Waals surface area contributed by atoms with Crippen molar-refractivity contribution in [1.82, 2.24) is 5.43 Å². The van der Waals surface area contributed by atoms with E-state index in [0.29, 0.717) is 5.56 Å². The van der Waals surface area contributed by atoms with Crippen LogP contribution in [0.5, 0.6) is 0 Å². The predicted molar refractivity (Wildman–Crippen MR) is 45.4 cm³/mol. The van der Waals surface area contributed by atoms with Gasteiger partial charge in [0.15, 0.2) is 0 Å². The molecule has 3 N–H and O–H groups in total. The maximum Gasteiger partial charge on any atom is 0.266 e. The van der Waals surface area contributed by atoms with Crippen LogP contribution in [0.25, 0.3) is 0 Å². The molecule has 11 heavy (non-hydrogen) atoms. The van der Waals surface area contributed by atoms with Gasteiger partial charge in [0.2, 0.25) is 0 Å². The Bertz CT molecular complexity index is 280. The van der Waals surface area contributed by atoms with E-state index < -0.39 is 0 Å². The standard InChI is InChI=1S/C7H10N2OS/c1-4-5(2)11-3-6(4)7(10)9-8/h3H,8H2,1-2H3,(H,9,10). The van der Waals surface area contributed by atoms with Gasteiger partial charge in [-0.15, -0.1) is 11.3 Å². The Morgan fingerprint density at radius 3 is 2.64 bits per heavy atom. The van der Waals surface area contributed by atoms with Gasteiger partial charge in [-0.05, 0) is 19.4 Å². The van der Waals surface area contributed by atoms with E-state index in [4.69, 9.17) is 5.84 Å². The summed E-state index contributed by atoms with van der Waals surface area (Å²) in [6.07, 6.45) is 0. The van der Waals surface area contributed by atoms with Gasteiger partial charge in [-0.1, -0.05) is 0 Å². The SMILES string of the molecule is Cc1scc(C(=O)NN)c1C. The Balaban J connectivity index is 3.04. The maximum absolute atomic E-state index is 11.0. The summed E-state index contributed by atoms with van der Waals surface area (Å²) in [5.74, 6) is 4.77. The van der Waals surface area contributed by atoms with Crippen LogP contribution in [0.2, 0.25) is 0 Å². The van der Waals surface area contributed by atoms with E-state index in [2.05, 4.69) is 5.43 Å². The summed E-state index contributed by atoms with van der Waals surface area (Å²) in [6.45, 7) is 3.89. The average molecular weight is 170 g/mol. The minimum absolute atomic E-state index is 0.216. The Morgan fingerprint density at radius 2 is 2.27 bits per heavy atom. The van der Waals surface area contributed by atoms with Crippen LogP contribution in [0, 0.1) is 13.8 Å². The van der Waals surface area contributed by atoms with Crippen molar-refractivity contribution in [3.8, 4) is 0 Å². The van der Waals surface area contributed by atoms with E-state index in [9.17, 15) is 4.79 Å². The first-order valence-electron chi connectivity index (χ1n) is 3.22. The minimum atomic E-state index is -0.216. The number of thiophene rings is 1. The molecule has 0 radical (unpaired) electrons. The quantitative estimate of drug-likeness (QED) is 0.375. The largest absolute Gasteiger partial charge is 0.290 e. The Hall–Kier alpha value is -0.870. The molecular formula is C7H10N2OS. The number of carbonyl (C=O) groups is 1. The minimum Gasteiger partial charge on any atom is -0.290 e. The van der Waals surface area contributed by atoms with Crippen LogP contribution in [0.4, 0.5) is 0 Å². The van der Waals surface area contributed by atoms with Gasteiger partial charge >= 0.3 is 0 Å². The van der Waals surface area contributed by atoms with Gasteiger partial charge in [0.1, 0.15) is 0 Å². The highest BCUT2D eigenvalue weighted by Gasteiger charge is 2.09. The van der Waals surface area contributed by atoms with Gasteiger partial charge in [0.05, 0.1) is 5.56 Å². The normalized spacial score (nSPS) is 9.73. The van der Waals surface area contributed by atoms with E-state index in [1.54, 1.807) is 11.3 Å². The second-order valence-electron chi connectivity index (χ2n) is 2.30. The first-order valence-corrected chi connectivity index (χ1v) is 4.10. The van der Waals surface area contributed by atoms with Crippen molar-refractivity contribution in [3.63, 3.8) is 0 Å². The lowest BCUT2D eigenvalue weighted by Crippen LogP contribution is -2.30. The van der Waals surface area contributed by atoms with Crippen molar-refractivity contribution in [2.75, 3.05) is 0 Å². The number of amides is 1. The molecule has 0 atom stereocenters. The number of nitrogen functional groups attached to an aromatic ring is 1. The number of hydrazine groups is 1. The van der Waals surface area contributed by atoms with Crippen LogP contribution in [0.15, 0.2) is 5.38 Å². The molecule has 0 saturated heterocycles. The van der Waals surface area contributed by atoms with Crippen molar-refractivity contribution in [1.29, 1.82) is 0 Å². The van der Waals surface area contributed by atoms with Gasteiger partial charge in [0.25, 0.3) is 5.91 Å². The molecule has 1 heterocycles. The highest BCUT2D eigenvalue weighted by Crippen LogP contribution is 2.19. The maximum atomic E-state index is 11.0. The number of rotatable bonds is 1. The van der Waals surface area contributed by atoms with Gasteiger partial charge in [-0.2, -0.15) is 0 Å². The van der Waals surface area contributed by atoms with Crippen LogP contribution in [0.3, 0.4) is 0 Å².